The Hall–Kier alpha value is -0.420. The van der Waals surface area contributed by atoms with Gasteiger partial charge in [0, 0.05) is 10.8 Å². The van der Waals surface area contributed by atoms with Crippen LogP contribution in [-0.2, 0) is 0 Å². The molecule has 5 heteroatoms. The molecule has 0 aromatic carbocycles. The van der Waals surface area contributed by atoms with Crippen LogP contribution in [0.1, 0.15) is 27.7 Å². The molecular weight excluding hydrogens is 196 g/mol. The van der Waals surface area contributed by atoms with Crippen molar-refractivity contribution in [2.75, 3.05) is 12.8 Å². The van der Waals surface area contributed by atoms with Crippen LogP contribution in [0.3, 0.4) is 0 Å². The number of thioether (sulfide) groups is 1. The summed E-state index contributed by atoms with van der Waals surface area (Å²) in [4.78, 5) is 4.37. The molecule has 0 rings (SSSR count). The Balaban J connectivity index is 4.17. The van der Waals surface area contributed by atoms with Crippen LogP contribution in [0.5, 0.6) is 0 Å². The lowest BCUT2D eigenvalue weighted by Gasteiger charge is -2.20. The molecule has 4 N–H and O–H groups in total. The van der Waals surface area contributed by atoms with E-state index in [1.807, 2.05) is 13.8 Å². The van der Waals surface area contributed by atoms with E-state index in [1.54, 1.807) is 11.8 Å². The van der Waals surface area contributed by atoms with Crippen LogP contribution in [0.4, 0.5) is 0 Å². The predicted molar refractivity (Wildman–Crippen MR) is 65.5 cm³/mol. The Morgan fingerprint density at radius 3 is 2.43 bits per heavy atom. The Kier molecular flexibility index (Phi) is 5.95. The molecule has 0 spiro atoms. The molecule has 0 aliphatic heterocycles. The van der Waals surface area contributed by atoms with Crippen LogP contribution in [0.2, 0.25) is 0 Å². The Morgan fingerprint density at radius 1 is 1.50 bits per heavy atom. The third kappa shape index (κ3) is 6.10. The quantitative estimate of drug-likeness (QED) is 0.284. The third-order valence-electron chi connectivity index (χ3n) is 1.73. The van der Waals surface area contributed by atoms with Gasteiger partial charge in [0.15, 0.2) is 0 Å². The van der Waals surface area contributed by atoms with Gasteiger partial charge in [-0.25, -0.2) is 5.84 Å². The van der Waals surface area contributed by atoms with Crippen molar-refractivity contribution in [1.82, 2.24) is 10.7 Å². The first-order valence-corrected chi connectivity index (χ1v) is 5.96. The fourth-order valence-corrected chi connectivity index (χ4v) is 0.934. The number of nitrogens with two attached hydrogens (primary N) is 1. The molecule has 0 amide bonds. The molecule has 0 heterocycles. The minimum atomic E-state index is 0.154. The standard InChI is InChI=1S/C9H22N4S/c1-7(2)12-8(13-10)11-6-9(3,4)14-5/h7H,6,10H2,1-5H3,(H2,11,12,13). The Labute approximate surface area is 91.1 Å². The molecule has 0 bridgehead atoms. The fraction of sp³-hybridized carbons (Fsp3) is 0.889. The van der Waals surface area contributed by atoms with Crippen molar-refractivity contribution in [3.8, 4) is 0 Å². The zero-order chi connectivity index (χ0) is 11.2. The van der Waals surface area contributed by atoms with Gasteiger partial charge in [0.25, 0.3) is 0 Å². The first kappa shape index (κ1) is 13.6. The van der Waals surface area contributed by atoms with Crippen molar-refractivity contribution < 1.29 is 0 Å². The molecule has 84 valence electrons. The van der Waals surface area contributed by atoms with Gasteiger partial charge in [-0.3, -0.25) is 10.4 Å². The van der Waals surface area contributed by atoms with Gasteiger partial charge < -0.3 is 5.32 Å². The molecular formula is C9H22N4S. The van der Waals surface area contributed by atoms with E-state index in [9.17, 15) is 0 Å². The molecule has 0 aliphatic rings. The van der Waals surface area contributed by atoms with Crippen molar-refractivity contribution in [3.63, 3.8) is 0 Å². The first-order chi connectivity index (χ1) is 6.41. The third-order valence-corrected chi connectivity index (χ3v) is 2.97. The van der Waals surface area contributed by atoms with Crippen molar-refractivity contribution in [2.45, 2.75) is 38.5 Å². The summed E-state index contributed by atoms with van der Waals surface area (Å²) in [5, 5.41) is 3.13. The maximum absolute atomic E-state index is 5.34. The second-order valence-corrected chi connectivity index (χ2v) is 5.59. The van der Waals surface area contributed by atoms with E-state index < -0.39 is 0 Å². The van der Waals surface area contributed by atoms with Crippen molar-refractivity contribution in [1.29, 1.82) is 0 Å². The molecule has 0 aromatic rings. The van der Waals surface area contributed by atoms with E-state index in [0.717, 1.165) is 6.54 Å². The van der Waals surface area contributed by atoms with Crippen LogP contribution in [0, 0.1) is 0 Å². The largest absolute Gasteiger partial charge is 0.353 e. The van der Waals surface area contributed by atoms with E-state index in [-0.39, 0.29) is 4.75 Å². The smallest absolute Gasteiger partial charge is 0.205 e. The molecule has 0 saturated carbocycles. The maximum atomic E-state index is 5.34. The summed E-state index contributed by atoms with van der Waals surface area (Å²) in [5.74, 6) is 6.00. The summed E-state index contributed by atoms with van der Waals surface area (Å²) in [7, 11) is 0. The zero-order valence-corrected chi connectivity index (χ0v) is 10.5. The van der Waals surface area contributed by atoms with E-state index >= 15 is 0 Å². The number of aliphatic imine (C=N–C) groups is 1. The molecule has 0 radical (unpaired) electrons. The molecule has 4 nitrogen and oxygen atoms in total. The van der Waals surface area contributed by atoms with Crippen LogP contribution < -0.4 is 16.6 Å². The van der Waals surface area contributed by atoms with Crippen LogP contribution in [0.15, 0.2) is 4.99 Å². The van der Waals surface area contributed by atoms with Gasteiger partial charge in [0.2, 0.25) is 5.96 Å². The van der Waals surface area contributed by atoms with E-state index in [2.05, 4.69) is 35.8 Å². The summed E-state index contributed by atoms with van der Waals surface area (Å²) >= 11 is 1.79. The van der Waals surface area contributed by atoms with E-state index in [1.165, 1.54) is 0 Å². The van der Waals surface area contributed by atoms with Crippen molar-refractivity contribution in [2.24, 2.45) is 10.8 Å². The number of hydrogen-bond acceptors (Lipinski definition) is 3. The second kappa shape index (κ2) is 6.14. The highest BCUT2D eigenvalue weighted by molar-refractivity contribution is 7.99. The molecule has 0 aromatic heterocycles. The first-order valence-electron chi connectivity index (χ1n) is 4.74. The van der Waals surface area contributed by atoms with Gasteiger partial charge in [-0.15, -0.1) is 0 Å². The lowest BCUT2D eigenvalue weighted by molar-refractivity contribution is 0.680. The number of guanidine groups is 1. The Morgan fingerprint density at radius 2 is 2.07 bits per heavy atom. The number of nitrogens with one attached hydrogen (secondary N) is 2. The number of rotatable bonds is 4. The SMILES string of the molecule is CSC(C)(C)CN=C(NN)NC(C)C. The van der Waals surface area contributed by atoms with Gasteiger partial charge in [0.05, 0.1) is 6.54 Å². The van der Waals surface area contributed by atoms with Gasteiger partial charge in [-0.05, 0) is 34.0 Å². The monoisotopic (exact) mass is 218 g/mol. The van der Waals surface area contributed by atoms with Gasteiger partial charge in [-0.2, -0.15) is 11.8 Å². The minimum absolute atomic E-state index is 0.154. The highest BCUT2D eigenvalue weighted by Crippen LogP contribution is 2.20. The molecule has 0 aliphatic carbocycles. The summed E-state index contributed by atoms with van der Waals surface area (Å²) < 4.78 is 0.154. The highest BCUT2D eigenvalue weighted by Gasteiger charge is 2.15. The maximum Gasteiger partial charge on any atom is 0.205 e. The van der Waals surface area contributed by atoms with Crippen molar-refractivity contribution in [3.05, 3.63) is 0 Å². The fourth-order valence-electron chi connectivity index (χ4n) is 0.740. The lowest BCUT2D eigenvalue weighted by atomic mass is 10.2. The summed E-state index contributed by atoms with van der Waals surface area (Å²) in [6, 6.07) is 0.335. The number of nitrogens with zero attached hydrogens (tertiary/aromatic N) is 1. The van der Waals surface area contributed by atoms with E-state index in [4.69, 9.17) is 5.84 Å². The van der Waals surface area contributed by atoms with Crippen molar-refractivity contribution >= 4 is 17.7 Å². The normalized spacial score (nSPS) is 13.2. The average Bonchev–Trinajstić information content (AvgIpc) is 2.12. The zero-order valence-electron chi connectivity index (χ0n) is 9.72. The minimum Gasteiger partial charge on any atom is -0.353 e. The lowest BCUT2D eigenvalue weighted by Crippen LogP contribution is -2.45. The second-order valence-electron chi connectivity index (χ2n) is 4.07. The van der Waals surface area contributed by atoms with Crippen LogP contribution in [-0.4, -0.2) is 29.5 Å². The van der Waals surface area contributed by atoms with E-state index in [0.29, 0.717) is 12.0 Å². The van der Waals surface area contributed by atoms with Gasteiger partial charge in [0.1, 0.15) is 0 Å². The van der Waals surface area contributed by atoms with Gasteiger partial charge in [-0.1, -0.05) is 0 Å². The summed E-state index contributed by atoms with van der Waals surface area (Å²) in [5.41, 5.74) is 2.56. The average molecular weight is 218 g/mol. The van der Waals surface area contributed by atoms with Crippen LogP contribution in [0.25, 0.3) is 0 Å². The Bertz CT molecular complexity index is 189. The predicted octanol–water partition coefficient (Wildman–Crippen LogP) is 0.945. The summed E-state index contributed by atoms with van der Waals surface area (Å²) in [6.07, 6.45) is 2.08. The molecule has 0 fully saturated rings. The van der Waals surface area contributed by atoms with Crippen LogP contribution >= 0.6 is 11.8 Å². The molecule has 14 heavy (non-hydrogen) atoms. The molecule has 0 saturated heterocycles. The summed E-state index contributed by atoms with van der Waals surface area (Å²) in [6.45, 7) is 9.15. The molecule has 0 unspecified atom stereocenters. The topological polar surface area (TPSA) is 62.4 Å². The highest BCUT2D eigenvalue weighted by atomic mass is 32.2. The van der Waals surface area contributed by atoms with Gasteiger partial charge >= 0.3 is 0 Å². The number of hydrazine groups is 1. The molecule has 0 atom stereocenters. The number of hydrogen-bond donors (Lipinski definition) is 3.